The first-order chi connectivity index (χ1) is 11.1. The molecule has 2 rings (SSSR count). The van der Waals surface area contributed by atoms with Crippen LogP contribution >= 0.6 is 7.75 Å². The van der Waals surface area contributed by atoms with E-state index in [1.165, 1.54) is 12.1 Å². The molecule has 0 spiro atoms. The second-order valence-corrected chi connectivity index (χ2v) is 6.72. The Morgan fingerprint density at radius 2 is 1.71 bits per heavy atom. The van der Waals surface area contributed by atoms with Gasteiger partial charge in [-0.15, -0.1) is 0 Å². The minimum absolute atomic E-state index is 0.0526. The summed E-state index contributed by atoms with van der Waals surface area (Å²) in [4.78, 5) is 18.1. The fourth-order valence-corrected chi connectivity index (χ4v) is 2.97. The number of aliphatic hydroxyl groups excluding tert-OH is 3. The van der Waals surface area contributed by atoms with Gasteiger partial charge in [0.25, 0.3) is 0 Å². The maximum absolute atomic E-state index is 11.2. The lowest BCUT2D eigenvalue weighted by Gasteiger charge is -2.26. The van der Waals surface area contributed by atoms with Crippen molar-refractivity contribution in [1.29, 1.82) is 0 Å². The van der Waals surface area contributed by atoms with Crippen LogP contribution in [0.2, 0.25) is 0 Å². The van der Waals surface area contributed by atoms with Crippen LogP contribution in [0.15, 0.2) is 52.2 Å². The number of hydrogen-bond acceptors (Lipinski definition) is 5. The van der Waals surface area contributed by atoms with Crippen molar-refractivity contribution in [2.24, 2.45) is 4.76 Å². The van der Waals surface area contributed by atoms with Crippen molar-refractivity contribution in [2.45, 2.75) is 25.4 Å². The smallest absolute Gasteiger partial charge is 0.448 e. The van der Waals surface area contributed by atoms with Gasteiger partial charge in [-0.05, 0) is 17.7 Å². The minimum Gasteiger partial charge on any atom is -0.512 e. The van der Waals surface area contributed by atoms with E-state index in [1.54, 1.807) is 19.1 Å². The normalized spacial score (nSPS) is 20.0. The number of hydrogen-bond donors (Lipinski definition) is 6. The predicted octanol–water partition coefficient (Wildman–Crippen LogP) is 2.05. The van der Waals surface area contributed by atoms with Crippen LogP contribution in [0.5, 0.6) is 5.75 Å². The highest BCUT2D eigenvalue weighted by Crippen LogP contribution is 2.40. The summed E-state index contributed by atoms with van der Waals surface area (Å²) < 4.78 is 14.4. The van der Waals surface area contributed by atoms with Gasteiger partial charge >= 0.3 is 7.75 Å². The molecule has 1 aliphatic carbocycles. The lowest BCUT2D eigenvalue weighted by Crippen LogP contribution is -2.27. The molecule has 1 aromatic rings. The van der Waals surface area contributed by atoms with Crippen molar-refractivity contribution < 1.29 is 34.8 Å². The third-order valence-corrected chi connectivity index (χ3v) is 4.18. The molecule has 2 unspecified atom stereocenters. The molecule has 0 fully saturated rings. The molecule has 0 saturated heterocycles. The molecule has 24 heavy (non-hydrogen) atoms. The van der Waals surface area contributed by atoms with Gasteiger partial charge in [0.1, 0.15) is 17.3 Å². The summed E-state index contributed by atoms with van der Waals surface area (Å²) in [5.41, 5.74) is 0.200. The third-order valence-electron chi connectivity index (χ3n) is 3.68. The van der Waals surface area contributed by atoms with E-state index in [1.807, 2.05) is 0 Å². The predicted molar refractivity (Wildman–Crippen MR) is 87.0 cm³/mol. The number of aliphatic hydroxyl groups is 3. The fourth-order valence-electron chi connectivity index (χ4n) is 2.48. The summed E-state index contributed by atoms with van der Waals surface area (Å²) in [6.07, 6.45) is -0.644. The monoisotopic (exact) mass is 355 g/mol. The van der Waals surface area contributed by atoms with Crippen LogP contribution < -0.4 is 0 Å². The Balaban J connectivity index is 2.44. The van der Waals surface area contributed by atoms with Gasteiger partial charge in [-0.2, -0.15) is 4.76 Å². The zero-order valence-electron chi connectivity index (χ0n) is 12.7. The molecule has 1 aromatic carbocycles. The second-order valence-electron chi connectivity index (χ2n) is 5.50. The van der Waals surface area contributed by atoms with E-state index in [9.17, 15) is 25.0 Å². The SMILES string of the molecule is CC(c1ccc(O)cc1)C(O)C1=C(O)C=C(O)CC1=NP(=O)(O)O. The highest BCUT2D eigenvalue weighted by atomic mass is 31.2. The van der Waals surface area contributed by atoms with Gasteiger partial charge in [0.15, 0.2) is 0 Å². The molecule has 0 heterocycles. The quantitative estimate of drug-likeness (QED) is 0.452. The molecule has 130 valence electrons. The van der Waals surface area contributed by atoms with E-state index < -0.39 is 25.5 Å². The first kappa shape index (κ1) is 18.2. The lowest BCUT2D eigenvalue weighted by molar-refractivity contribution is 0.184. The highest BCUT2D eigenvalue weighted by molar-refractivity contribution is 7.50. The van der Waals surface area contributed by atoms with E-state index >= 15 is 0 Å². The van der Waals surface area contributed by atoms with Crippen molar-refractivity contribution >= 4 is 13.5 Å². The van der Waals surface area contributed by atoms with Crippen LogP contribution in [0.1, 0.15) is 24.8 Å². The van der Waals surface area contributed by atoms with Crippen LogP contribution in [0.4, 0.5) is 0 Å². The molecule has 9 heteroatoms. The van der Waals surface area contributed by atoms with Crippen molar-refractivity contribution in [3.05, 3.63) is 53.0 Å². The zero-order chi connectivity index (χ0) is 18.1. The van der Waals surface area contributed by atoms with Crippen molar-refractivity contribution in [3.63, 3.8) is 0 Å². The molecule has 0 aliphatic heterocycles. The van der Waals surface area contributed by atoms with Crippen LogP contribution in [0, 0.1) is 0 Å². The van der Waals surface area contributed by atoms with Crippen molar-refractivity contribution in [3.8, 4) is 5.75 Å². The summed E-state index contributed by atoms with van der Waals surface area (Å²) in [5.74, 6) is -1.35. The van der Waals surface area contributed by atoms with E-state index in [2.05, 4.69) is 4.76 Å². The average molecular weight is 355 g/mol. The fraction of sp³-hybridized carbons (Fsp3) is 0.267. The molecule has 1 aliphatic rings. The summed E-state index contributed by atoms with van der Waals surface area (Å²) in [6, 6.07) is 6.03. The van der Waals surface area contributed by atoms with Crippen LogP contribution in [0.3, 0.4) is 0 Å². The molecular formula is C15H18NO7P. The van der Waals surface area contributed by atoms with Crippen LogP contribution in [-0.4, -0.2) is 42.0 Å². The molecule has 8 nitrogen and oxygen atoms in total. The highest BCUT2D eigenvalue weighted by Gasteiger charge is 2.31. The Morgan fingerprint density at radius 1 is 1.12 bits per heavy atom. The average Bonchev–Trinajstić information content (AvgIpc) is 2.44. The van der Waals surface area contributed by atoms with E-state index in [0.717, 1.165) is 6.08 Å². The largest absolute Gasteiger partial charge is 0.512 e. The Bertz CT molecular complexity index is 761. The van der Waals surface area contributed by atoms with Gasteiger partial charge in [-0.25, -0.2) is 4.57 Å². The number of phenols is 1. The van der Waals surface area contributed by atoms with Gasteiger partial charge in [-0.3, -0.25) is 0 Å². The van der Waals surface area contributed by atoms with Crippen LogP contribution in [0.25, 0.3) is 0 Å². The number of phenolic OH excluding ortho intramolecular Hbond substituents is 1. The molecule has 0 radical (unpaired) electrons. The molecule has 0 aromatic heterocycles. The maximum Gasteiger partial charge on any atom is 0.448 e. The maximum atomic E-state index is 11.2. The van der Waals surface area contributed by atoms with Gasteiger partial charge in [0, 0.05) is 24.0 Å². The number of allylic oxidation sites excluding steroid dienone is 2. The van der Waals surface area contributed by atoms with Gasteiger partial charge in [-0.1, -0.05) is 19.1 Å². The standard InChI is InChI=1S/C15H18NO7P/c1-8(9-2-4-10(17)5-3-9)15(20)14-12(16-24(21,22)23)6-11(18)7-13(14)19/h2-5,7-8,15,17-20H,6H2,1H3,(H2,21,22,23). The number of nitrogens with zero attached hydrogens (tertiary/aromatic N) is 1. The first-order valence-electron chi connectivity index (χ1n) is 7.03. The second kappa shape index (κ2) is 6.78. The molecular weight excluding hydrogens is 337 g/mol. The van der Waals surface area contributed by atoms with E-state index in [4.69, 9.17) is 9.79 Å². The zero-order valence-corrected chi connectivity index (χ0v) is 13.6. The Hall–Kier alpha value is -2.12. The molecule has 0 bridgehead atoms. The van der Waals surface area contributed by atoms with Crippen molar-refractivity contribution in [1.82, 2.24) is 0 Å². The van der Waals surface area contributed by atoms with Gasteiger partial charge in [0.05, 0.1) is 11.8 Å². The van der Waals surface area contributed by atoms with Crippen molar-refractivity contribution in [2.75, 3.05) is 0 Å². The van der Waals surface area contributed by atoms with Crippen LogP contribution in [-0.2, 0) is 4.57 Å². The minimum atomic E-state index is -4.81. The molecule has 0 saturated carbocycles. The van der Waals surface area contributed by atoms with E-state index in [0.29, 0.717) is 5.56 Å². The van der Waals surface area contributed by atoms with E-state index in [-0.39, 0.29) is 29.2 Å². The molecule has 0 amide bonds. The third kappa shape index (κ3) is 4.24. The number of aromatic hydroxyl groups is 1. The summed E-state index contributed by atoms with van der Waals surface area (Å²) in [6.45, 7) is 1.64. The summed E-state index contributed by atoms with van der Waals surface area (Å²) in [7, 11) is -4.81. The molecule has 2 atom stereocenters. The Morgan fingerprint density at radius 3 is 2.25 bits per heavy atom. The Kier molecular flexibility index (Phi) is 5.15. The number of benzene rings is 1. The van der Waals surface area contributed by atoms with Gasteiger partial charge < -0.3 is 30.2 Å². The lowest BCUT2D eigenvalue weighted by atomic mass is 9.85. The molecule has 6 N–H and O–H groups in total. The van der Waals surface area contributed by atoms with Gasteiger partial charge in [0.2, 0.25) is 0 Å². The topological polar surface area (TPSA) is 151 Å². The first-order valence-corrected chi connectivity index (χ1v) is 8.59. The summed E-state index contributed by atoms with van der Waals surface area (Å²) >= 11 is 0. The Labute approximate surface area is 138 Å². The summed E-state index contributed by atoms with van der Waals surface area (Å²) in [5, 5.41) is 39.5. The number of rotatable bonds is 4.